The largest absolute Gasteiger partial charge is 0.418 e. The van der Waals surface area contributed by atoms with Crippen molar-refractivity contribution in [2.75, 3.05) is 82.6 Å². The Morgan fingerprint density at radius 1 is 0.743 bits per heavy atom. The first kappa shape index (κ1) is 49.5. The zero-order chi connectivity index (χ0) is 51.5. The number of pyridine rings is 3. The molecule has 2 saturated heterocycles. The number of rotatable bonds is 17. The Bertz CT molecular complexity index is 3410. The van der Waals surface area contributed by atoms with E-state index in [0.717, 1.165) is 32.9 Å². The summed E-state index contributed by atoms with van der Waals surface area (Å²) in [7, 11) is 0. The number of piperazine rings is 1. The van der Waals surface area contributed by atoms with Crippen LogP contribution in [0.15, 0.2) is 114 Å². The summed E-state index contributed by atoms with van der Waals surface area (Å²) in [6, 6.07) is 24.2. The van der Waals surface area contributed by atoms with Crippen LogP contribution in [-0.4, -0.2) is 132 Å². The van der Waals surface area contributed by atoms with Crippen molar-refractivity contribution in [3.05, 3.63) is 137 Å². The molecular weight excluding hydrogens is 962 g/mol. The van der Waals surface area contributed by atoms with Crippen molar-refractivity contribution >= 4 is 73.5 Å². The average molecular weight is 1010 g/mol. The second kappa shape index (κ2) is 21.2. The van der Waals surface area contributed by atoms with Crippen LogP contribution in [0.25, 0.3) is 49.4 Å². The SMILES string of the molecule is O=C1CCC(N2C(=O)c3cccc(NCCOCCOCCOCCC(=O)N4CCN(c5ccc(-n6c(=O)ccc7cnc8ccc(-c9ccc%10ccncc%10c9)cc8c76)cc5C(F)(F)F)CC4)c3C2=O)C(=O)N1. The zero-order valence-electron chi connectivity index (χ0n) is 39.9. The van der Waals surface area contributed by atoms with Crippen LogP contribution in [-0.2, 0) is 34.8 Å². The smallest absolute Gasteiger partial charge is 0.382 e. The van der Waals surface area contributed by atoms with Gasteiger partial charge in [-0.15, -0.1) is 0 Å². The molecule has 74 heavy (non-hydrogen) atoms. The van der Waals surface area contributed by atoms with E-state index in [9.17, 15) is 41.9 Å². The van der Waals surface area contributed by atoms with Gasteiger partial charge in [-0.25, -0.2) is 0 Å². The molecule has 10 rings (SSSR count). The second-order valence-corrected chi connectivity index (χ2v) is 18.0. The molecule has 0 saturated carbocycles. The topological polar surface area (TPSA) is 195 Å². The van der Waals surface area contributed by atoms with Crippen molar-refractivity contribution in [3.63, 3.8) is 0 Å². The van der Waals surface area contributed by atoms with Gasteiger partial charge < -0.3 is 29.3 Å². The van der Waals surface area contributed by atoms with Gasteiger partial charge in [0.1, 0.15) is 6.04 Å². The number of alkyl halides is 3. The van der Waals surface area contributed by atoms with E-state index >= 15 is 0 Å². The Kier molecular flexibility index (Phi) is 14.2. The maximum absolute atomic E-state index is 15.0. The molecule has 0 radical (unpaired) electrons. The van der Waals surface area contributed by atoms with E-state index < -0.39 is 47.0 Å². The minimum atomic E-state index is -4.76. The Hall–Kier alpha value is -8.07. The lowest BCUT2D eigenvalue weighted by Crippen LogP contribution is -2.54. The lowest BCUT2D eigenvalue weighted by molar-refractivity contribution is -0.138. The summed E-state index contributed by atoms with van der Waals surface area (Å²) in [6.07, 6.45) is 0.531. The number of imide groups is 2. The average Bonchev–Trinajstić information content (AvgIpc) is 3.67. The fraction of sp³-hybridized carbons (Fsp3) is 0.296. The van der Waals surface area contributed by atoms with Gasteiger partial charge in [-0.05, 0) is 83.6 Å². The lowest BCUT2D eigenvalue weighted by atomic mass is 9.99. The van der Waals surface area contributed by atoms with E-state index in [1.807, 2.05) is 42.5 Å². The van der Waals surface area contributed by atoms with Gasteiger partial charge in [0.15, 0.2) is 0 Å². The molecule has 380 valence electrons. The highest BCUT2D eigenvalue weighted by atomic mass is 19.4. The third-order valence-electron chi connectivity index (χ3n) is 13.4. The molecular formula is C54H49F3N8O9. The number of carbonyl (C=O) groups is 5. The number of piperidine rings is 1. The molecule has 7 aromatic rings. The summed E-state index contributed by atoms with van der Waals surface area (Å²) in [5.41, 5.74) is 2.13. The summed E-state index contributed by atoms with van der Waals surface area (Å²) in [5.74, 6) is -2.50. The Morgan fingerprint density at radius 2 is 1.49 bits per heavy atom. The Morgan fingerprint density at radius 3 is 2.27 bits per heavy atom. The standard InChI is InChI=1S/C54H49F3N8O9/c55-54(56,57)41-30-38(64-48(68)13-7-36-32-60-42-9-6-35(29-40(42)50(36)64)34-5-4-33-14-16-58-31-37(33)28-34)8-10-44(41)62-18-20-63(21-19-62)47(67)15-22-72-24-26-74-27-25-73-23-17-59-43-3-1-2-39-49(43)53(71)65(52(39)70)45-11-12-46(66)61-51(45)69/h1-10,13-14,16,28-32,45,59H,11-12,15,17-27H2,(H,61,66,69). The number of hydrogen-bond donors (Lipinski definition) is 2. The molecule has 4 aromatic carbocycles. The van der Waals surface area contributed by atoms with Crippen molar-refractivity contribution in [1.82, 2.24) is 29.7 Å². The molecule has 0 aliphatic carbocycles. The van der Waals surface area contributed by atoms with Gasteiger partial charge in [0.05, 0.1) is 79.5 Å². The van der Waals surface area contributed by atoms with E-state index in [2.05, 4.69) is 20.6 Å². The van der Waals surface area contributed by atoms with E-state index in [-0.39, 0.29) is 113 Å². The predicted octanol–water partition coefficient (Wildman–Crippen LogP) is 6.37. The van der Waals surface area contributed by atoms with Gasteiger partial charge in [-0.1, -0.05) is 24.3 Å². The van der Waals surface area contributed by atoms with Crippen LogP contribution in [0.3, 0.4) is 0 Å². The van der Waals surface area contributed by atoms with Crippen molar-refractivity contribution in [3.8, 4) is 16.8 Å². The van der Waals surface area contributed by atoms with E-state index in [1.54, 1.807) is 46.6 Å². The van der Waals surface area contributed by atoms with Crippen LogP contribution in [0.4, 0.5) is 24.5 Å². The van der Waals surface area contributed by atoms with Crippen LogP contribution in [0, 0.1) is 0 Å². The van der Waals surface area contributed by atoms with Gasteiger partial charge in [0.25, 0.3) is 17.4 Å². The summed E-state index contributed by atoms with van der Waals surface area (Å²) < 4.78 is 63.0. The van der Waals surface area contributed by atoms with E-state index in [0.29, 0.717) is 34.0 Å². The predicted molar refractivity (Wildman–Crippen MR) is 268 cm³/mol. The molecule has 0 spiro atoms. The molecule has 3 aliphatic rings. The molecule has 6 heterocycles. The molecule has 20 heteroatoms. The van der Waals surface area contributed by atoms with Crippen molar-refractivity contribution in [2.24, 2.45) is 0 Å². The van der Waals surface area contributed by atoms with E-state index in [1.165, 1.54) is 28.8 Å². The molecule has 1 atom stereocenters. The lowest BCUT2D eigenvalue weighted by Gasteiger charge is -2.37. The number of carbonyl (C=O) groups excluding carboxylic acids is 5. The van der Waals surface area contributed by atoms with Gasteiger partial charge >= 0.3 is 6.18 Å². The third kappa shape index (κ3) is 10.2. The fourth-order valence-electron chi connectivity index (χ4n) is 9.75. The number of fused-ring (bicyclic) bond motifs is 5. The minimum absolute atomic E-state index is 0.0288. The minimum Gasteiger partial charge on any atom is -0.382 e. The summed E-state index contributed by atoms with van der Waals surface area (Å²) >= 11 is 0. The molecule has 2 N–H and O–H groups in total. The number of nitrogens with one attached hydrogen (secondary N) is 2. The molecule has 0 bridgehead atoms. The monoisotopic (exact) mass is 1010 g/mol. The van der Waals surface area contributed by atoms with Crippen LogP contribution in [0.2, 0.25) is 0 Å². The van der Waals surface area contributed by atoms with Gasteiger partial charge in [0, 0.05) is 91.3 Å². The van der Waals surface area contributed by atoms with Crippen LogP contribution in [0.5, 0.6) is 0 Å². The number of aromatic nitrogens is 3. The highest BCUT2D eigenvalue weighted by Crippen LogP contribution is 2.40. The number of anilines is 2. The van der Waals surface area contributed by atoms with Crippen molar-refractivity contribution in [1.29, 1.82) is 0 Å². The molecule has 5 amide bonds. The second-order valence-electron chi connectivity index (χ2n) is 18.0. The molecule has 17 nitrogen and oxygen atoms in total. The number of halogens is 3. The first-order chi connectivity index (χ1) is 35.8. The highest BCUT2D eigenvalue weighted by Gasteiger charge is 2.45. The van der Waals surface area contributed by atoms with Crippen molar-refractivity contribution < 1.29 is 51.4 Å². The number of benzene rings is 4. The molecule has 3 aliphatic heterocycles. The summed E-state index contributed by atoms with van der Waals surface area (Å²) in [6.45, 7) is 2.46. The third-order valence-corrected chi connectivity index (χ3v) is 13.4. The number of ether oxygens (including phenoxy) is 3. The summed E-state index contributed by atoms with van der Waals surface area (Å²) in [4.78, 5) is 90.1. The number of amides is 5. The summed E-state index contributed by atoms with van der Waals surface area (Å²) in [5, 5.41) is 8.45. The first-order valence-electron chi connectivity index (χ1n) is 24.2. The molecule has 3 aromatic heterocycles. The van der Waals surface area contributed by atoms with Crippen LogP contribution in [0.1, 0.15) is 45.5 Å². The van der Waals surface area contributed by atoms with Crippen LogP contribution >= 0.6 is 0 Å². The normalized spacial score (nSPS) is 16.1. The fourth-order valence-corrected chi connectivity index (χ4v) is 9.75. The van der Waals surface area contributed by atoms with Crippen LogP contribution < -0.4 is 21.1 Å². The highest BCUT2D eigenvalue weighted by molar-refractivity contribution is 6.25. The van der Waals surface area contributed by atoms with Gasteiger partial charge in [-0.3, -0.25) is 53.5 Å². The number of nitrogens with zero attached hydrogens (tertiary/aromatic N) is 6. The molecule has 2 fully saturated rings. The Balaban J connectivity index is 0.677. The number of hydrogen-bond acceptors (Lipinski definition) is 13. The maximum atomic E-state index is 15.0. The van der Waals surface area contributed by atoms with E-state index in [4.69, 9.17) is 14.2 Å². The zero-order valence-corrected chi connectivity index (χ0v) is 39.9. The quantitative estimate of drug-likeness (QED) is 0.0581. The van der Waals surface area contributed by atoms with Gasteiger partial charge in [-0.2, -0.15) is 13.2 Å². The van der Waals surface area contributed by atoms with Gasteiger partial charge in [0.2, 0.25) is 17.7 Å². The first-order valence-corrected chi connectivity index (χ1v) is 24.2. The maximum Gasteiger partial charge on any atom is 0.418 e. The Labute approximate surface area is 420 Å². The molecule has 1 unspecified atom stereocenters. The van der Waals surface area contributed by atoms with Crippen molar-refractivity contribution in [2.45, 2.75) is 31.5 Å².